The number of ether oxygens (including phenoxy) is 1. The van der Waals surface area contributed by atoms with Gasteiger partial charge in [-0.25, -0.2) is 8.78 Å². The summed E-state index contributed by atoms with van der Waals surface area (Å²) in [6.07, 6.45) is -0.162. The Morgan fingerprint density at radius 3 is 2.81 bits per heavy atom. The number of hydrogen-bond acceptors (Lipinski definition) is 4. The van der Waals surface area contributed by atoms with Gasteiger partial charge in [-0.15, -0.1) is 5.10 Å². The van der Waals surface area contributed by atoms with E-state index in [1.807, 2.05) is 0 Å². The van der Waals surface area contributed by atoms with E-state index in [1.165, 1.54) is 0 Å². The van der Waals surface area contributed by atoms with Crippen molar-refractivity contribution in [2.75, 3.05) is 20.3 Å². The molecule has 0 amide bonds. The van der Waals surface area contributed by atoms with E-state index in [0.717, 1.165) is 5.69 Å². The molecular weight excluding hydrogens is 218 g/mol. The summed E-state index contributed by atoms with van der Waals surface area (Å²) in [7, 11) is 3.58. The maximum Gasteiger partial charge on any atom is 0.261 e. The Bertz CT molecular complexity index is 305. The molecule has 1 heterocycles. The Morgan fingerprint density at radius 2 is 2.31 bits per heavy atom. The molecule has 7 heteroatoms. The van der Waals surface area contributed by atoms with Gasteiger partial charge < -0.3 is 10.1 Å². The number of rotatable bonds is 7. The summed E-state index contributed by atoms with van der Waals surface area (Å²) in [6, 6.07) is 0.0117. The SMILES string of the molecule is CNC(CCOCC(F)F)c1cnnn1C. The highest BCUT2D eigenvalue weighted by atomic mass is 19.3. The first-order valence-electron chi connectivity index (χ1n) is 5.03. The van der Waals surface area contributed by atoms with Crippen LogP contribution in [0.5, 0.6) is 0 Å². The second-order valence-corrected chi connectivity index (χ2v) is 3.38. The topological polar surface area (TPSA) is 52.0 Å². The third kappa shape index (κ3) is 3.82. The average molecular weight is 234 g/mol. The Hall–Kier alpha value is -1.08. The predicted octanol–water partition coefficient (Wildman–Crippen LogP) is 0.747. The first-order valence-corrected chi connectivity index (χ1v) is 5.03. The minimum atomic E-state index is -2.41. The summed E-state index contributed by atoms with van der Waals surface area (Å²) in [6.45, 7) is -0.235. The van der Waals surface area contributed by atoms with Crippen molar-refractivity contribution in [3.63, 3.8) is 0 Å². The lowest BCUT2D eigenvalue weighted by molar-refractivity contribution is 0.0143. The maximum absolute atomic E-state index is 11.8. The Balaban J connectivity index is 2.36. The highest BCUT2D eigenvalue weighted by Crippen LogP contribution is 2.13. The average Bonchev–Trinajstić information content (AvgIpc) is 2.65. The van der Waals surface area contributed by atoms with Gasteiger partial charge in [-0.05, 0) is 13.5 Å². The van der Waals surface area contributed by atoms with Crippen LogP contribution in [-0.2, 0) is 11.8 Å². The smallest absolute Gasteiger partial charge is 0.261 e. The van der Waals surface area contributed by atoms with Gasteiger partial charge in [0.1, 0.15) is 6.61 Å². The van der Waals surface area contributed by atoms with Crippen molar-refractivity contribution in [2.45, 2.75) is 18.9 Å². The second-order valence-electron chi connectivity index (χ2n) is 3.38. The summed E-state index contributed by atoms with van der Waals surface area (Å²) in [5, 5.41) is 10.6. The number of hydrogen-bond donors (Lipinski definition) is 1. The van der Waals surface area contributed by atoms with Gasteiger partial charge in [-0.3, -0.25) is 4.68 Å². The minimum absolute atomic E-state index is 0.0117. The molecule has 0 aliphatic heterocycles. The Morgan fingerprint density at radius 1 is 1.56 bits per heavy atom. The summed E-state index contributed by atoms with van der Waals surface area (Å²) in [4.78, 5) is 0. The van der Waals surface area contributed by atoms with E-state index in [0.29, 0.717) is 6.42 Å². The first-order chi connectivity index (χ1) is 7.65. The van der Waals surface area contributed by atoms with Gasteiger partial charge in [0, 0.05) is 13.7 Å². The van der Waals surface area contributed by atoms with Crippen LogP contribution in [0.3, 0.4) is 0 Å². The lowest BCUT2D eigenvalue weighted by Gasteiger charge is -2.15. The molecule has 92 valence electrons. The van der Waals surface area contributed by atoms with Crippen LogP contribution in [-0.4, -0.2) is 41.7 Å². The van der Waals surface area contributed by atoms with Crippen LogP contribution in [0.1, 0.15) is 18.2 Å². The largest absolute Gasteiger partial charge is 0.375 e. The number of halogens is 2. The molecule has 1 atom stereocenters. The number of alkyl halides is 2. The molecule has 0 radical (unpaired) electrons. The molecule has 1 N–H and O–H groups in total. The highest BCUT2D eigenvalue weighted by Gasteiger charge is 2.13. The van der Waals surface area contributed by atoms with Crippen molar-refractivity contribution < 1.29 is 13.5 Å². The first kappa shape index (κ1) is 13.0. The van der Waals surface area contributed by atoms with Crippen LogP contribution in [0.2, 0.25) is 0 Å². The number of aromatic nitrogens is 3. The molecular formula is C9H16F2N4O. The van der Waals surface area contributed by atoms with Crippen molar-refractivity contribution in [3.05, 3.63) is 11.9 Å². The van der Waals surface area contributed by atoms with Crippen LogP contribution in [0.15, 0.2) is 6.20 Å². The Labute approximate surface area is 92.8 Å². The molecule has 0 saturated heterocycles. The molecule has 0 aromatic carbocycles. The summed E-state index contributed by atoms with van der Waals surface area (Å²) >= 11 is 0. The third-order valence-corrected chi connectivity index (χ3v) is 2.25. The van der Waals surface area contributed by atoms with Crippen molar-refractivity contribution >= 4 is 0 Å². The van der Waals surface area contributed by atoms with Gasteiger partial charge in [0.25, 0.3) is 6.43 Å². The fourth-order valence-corrected chi connectivity index (χ4v) is 1.43. The fourth-order valence-electron chi connectivity index (χ4n) is 1.43. The summed E-state index contributed by atoms with van der Waals surface area (Å²) in [5.41, 5.74) is 0.906. The monoisotopic (exact) mass is 234 g/mol. The van der Waals surface area contributed by atoms with E-state index in [-0.39, 0.29) is 12.6 Å². The fraction of sp³-hybridized carbons (Fsp3) is 0.778. The van der Waals surface area contributed by atoms with E-state index in [1.54, 1.807) is 25.0 Å². The van der Waals surface area contributed by atoms with Crippen molar-refractivity contribution in [1.29, 1.82) is 0 Å². The zero-order chi connectivity index (χ0) is 12.0. The molecule has 0 fully saturated rings. The second kappa shape index (κ2) is 6.49. The molecule has 1 aromatic heterocycles. The van der Waals surface area contributed by atoms with Gasteiger partial charge in [0.05, 0.1) is 17.9 Å². The van der Waals surface area contributed by atoms with Crippen LogP contribution in [0.4, 0.5) is 8.78 Å². The lowest BCUT2D eigenvalue weighted by Crippen LogP contribution is -2.21. The molecule has 16 heavy (non-hydrogen) atoms. The molecule has 0 spiro atoms. The van der Waals surface area contributed by atoms with Crippen LogP contribution in [0.25, 0.3) is 0 Å². The van der Waals surface area contributed by atoms with E-state index < -0.39 is 13.0 Å². The molecule has 1 aromatic rings. The molecule has 0 aliphatic carbocycles. The molecule has 5 nitrogen and oxygen atoms in total. The lowest BCUT2D eigenvalue weighted by atomic mass is 10.1. The minimum Gasteiger partial charge on any atom is -0.375 e. The van der Waals surface area contributed by atoms with E-state index in [4.69, 9.17) is 4.74 Å². The molecule has 0 bridgehead atoms. The van der Waals surface area contributed by atoms with Gasteiger partial charge in [0.2, 0.25) is 0 Å². The molecule has 0 saturated carbocycles. The summed E-state index contributed by atoms with van der Waals surface area (Å²) in [5.74, 6) is 0. The number of aryl methyl sites for hydroxylation is 1. The molecule has 0 aliphatic rings. The molecule has 1 rings (SSSR count). The van der Waals surface area contributed by atoms with E-state index >= 15 is 0 Å². The van der Waals surface area contributed by atoms with Gasteiger partial charge in [-0.1, -0.05) is 5.21 Å². The van der Waals surface area contributed by atoms with E-state index in [9.17, 15) is 8.78 Å². The van der Waals surface area contributed by atoms with Crippen LogP contribution in [0, 0.1) is 0 Å². The molecule has 1 unspecified atom stereocenters. The van der Waals surface area contributed by atoms with Gasteiger partial charge in [-0.2, -0.15) is 0 Å². The van der Waals surface area contributed by atoms with Gasteiger partial charge >= 0.3 is 0 Å². The normalized spacial score (nSPS) is 13.3. The third-order valence-electron chi connectivity index (χ3n) is 2.25. The Kier molecular flexibility index (Phi) is 5.27. The van der Waals surface area contributed by atoms with E-state index in [2.05, 4.69) is 15.6 Å². The van der Waals surface area contributed by atoms with Crippen molar-refractivity contribution in [1.82, 2.24) is 20.3 Å². The highest BCUT2D eigenvalue weighted by molar-refractivity contribution is 5.01. The van der Waals surface area contributed by atoms with Crippen LogP contribution < -0.4 is 5.32 Å². The van der Waals surface area contributed by atoms with Crippen molar-refractivity contribution in [2.24, 2.45) is 7.05 Å². The van der Waals surface area contributed by atoms with Gasteiger partial charge in [0.15, 0.2) is 0 Å². The summed E-state index contributed by atoms with van der Waals surface area (Å²) < 4.78 is 30.1. The maximum atomic E-state index is 11.8. The van der Waals surface area contributed by atoms with Crippen LogP contribution >= 0.6 is 0 Å². The zero-order valence-corrected chi connectivity index (χ0v) is 9.36. The quantitative estimate of drug-likeness (QED) is 0.707. The standard InChI is InChI=1S/C9H16F2N4O/c1-12-7(3-4-16-6-9(10)11)8-5-13-14-15(8)2/h5,7,9,12H,3-4,6H2,1-2H3. The van der Waals surface area contributed by atoms with Crippen molar-refractivity contribution in [3.8, 4) is 0 Å². The number of nitrogens with one attached hydrogen (secondary N) is 1. The zero-order valence-electron chi connectivity index (χ0n) is 9.36. The number of nitrogens with zero attached hydrogens (tertiary/aromatic N) is 3. The predicted molar refractivity (Wildman–Crippen MR) is 54.2 cm³/mol.